The first-order valence-corrected chi connectivity index (χ1v) is 15.5. The summed E-state index contributed by atoms with van der Waals surface area (Å²) in [6, 6.07) is 33.8. The predicted molar refractivity (Wildman–Crippen MR) is 172 cm³/mol. The minimum Gasteiger partial charge on any atom is -0.458 e. The van der Waals surface area contributed by atoms with Gasteiger partial charge >= 0.3 is 0 Å². The van der Waals surface area contributed by atoms with Gasteiger partial charge in [-0.1, -0.05) is 72.8 Å². The van der Waals surface area contributed by atoms with E-state index in [0.29, 0.717) is 0 Å². The van der Waals surface area contributed by atoms with Crippen LogP contribution in [0.5, 0.6) is 23.0 Å². The average molecular weight is 546 g/mol. The summed E-state index contributed by atoms with van der Waals surface area (Å²) in [7, 11) is 0. The lowest BCUT2D eigenvalue weighted by Gasteiger charge is -2.40. The molecule has 0 radical (unpaired) electrons. The first-order chi connectivity index (χ1) is 21.3. The monoisotopic (exact) mass is 546 g/mol. The van der Waals surface area contributed by atoms with E-state index in [2.05, 4.69) is 91.0 Å². The molecule has 6 aromatic rings. The molecule has 12 rings (SSSR count). The Morgan fingerprint density at radius 2 is 1.00 bits per heavy atom. The van der Waals surface area contributed by atoms with E-state index in [4.69, 9.17) is 9.47 Å². The van der Waals surface area contributed by atoms with Crippen molar-refractivity contribution in [2.75, 3.05) is 0 Å². The third-order valence-corrected chi connectivity index (χ3v) is 11.1. The highest BCUT2D eigenvalue weighted by atomic mass is 16.5. The molecule has 0 atom stereocenters. The molecule has 0 saturated carbocycles. The highest BCUT2D eigenvalue weighted by Gasteiger charge is 2.49. The normalized spacial score (nSPS) is 15.4. The minimum absolute atomic E-state index is 0.112. The summed E-state index contributed by atoms with van der Waals surface area (Å²) < 4.78 is 14.1. The van der Waals surface area contributed by atoms with Gasteiger partial charge in [0, 0.05) is 11.0 Å². The zero-order chi connectivity index (χ0) is 27.6. The molecule has 3 aliphatic heterocycles. The molecule has 0 fully saturated rings. The topological polar surface area (TPSA) is 18.5 Å². The van der Waals surface area contributed by atoms with E-state index in [1.165, 1.54) is 94.3 Å². The Bertz CT molecular complexity index is 2350. The number of hydrogen-bond donors (Lipinski definition) is 0. The second kappa shape index (κ2) is 7.13. The molecule has 3 heteroatoms. The zero-order valence-electron chi connectivity index (χ0n) is 23.4. The lowest BCUT2D eigenvalue weighted by atomic mass is 9.31. The van der Waals surface area contributed by atoms with Crippen LogP contribution in [0.2, 0.25) is 0 Å². The molecule has 6 aliphatic rings. The van der Waals surface area contributed by atoms with Crippen molar-refractivity contribution in [3.63, 3.8) is 0 Å². The Balaban J connectivity index is 1.22. The van der Waals surface area contributed by atoms with Crippen LogP contribution in [-0.4, -0.2) is 6.71 Å². The number of rotatable bonds is 0. The molecule has 0 saturated heterocycles. The lowest BCUT2D eigenvalue weighted by Crippen LogP contribution is -2.62. The minimum atomic E-state index is 0.112. The molecular formula is C40H23BO2. The predicted octanol–water partition coefficient (Wildman–Crippen LogP) is 7.03. The van der Waals surface area contributed by atoms with Crippen LogP contribution in [0.15, 0.2) is 91.0 Å². The van der Waals surface area contributed by atoms with Gasteiger partial charge in [0.15, 0.2) is 0 Å². The summed E-state index contributed by atoms with van der Waals surface area (Å²) in [5.41, 5.74) is 23.4. The van der Waals surface area contributed by atoms with Gasteiger partial charge < -0.3 is 9.47 Å². The molecule has 0 amide bonds. The SMILES string of the molecule is c1ccc2c(c1)Cc1c-2cc2c3c1Cc1c4c(cc5c1-c1ccccc1C5)Oc1cc5c(c(c1B34)O2)-c1ccccc1C5. The fourth-order valence-electron chi connectivity index (χ4n) is 9.47. The van der Waals surface area contributed by atoms with Crippen LogP contribution in [0.25, 0.3) is 33.4 Å². The van der Waals surface area contributed by atoms with Crippen LogP contribution in [0, 0.1) is 0 Å². The largest absolute Gasteiger partial charge is 0.458 e. The van der Waals surface area contributed by atoms with Gasteiger partial charge in [-0.05, 0) is 127 Å². The summed E-state index contributed by atoms with van der Waals surface area (Å²) in [5, 5.41) is 0. The van der Waals surface area contributed by atoms with Gasteiger partial charge in [-0.2, -0.15) is 0 Å². The molecule has 0 aromatic heterocycles. The van der Waals surface area contributed by atoms with Crippen molar-refractivity contribution in [2.24, 2.45) is 0 Å². The highest BCUT2D eigenvalue weighted by Crippen LogP contribution is 2.53. The van der Waals surface area contributed by atoms with E-state index in [1.807, 2.05) is 0 Å². The standard InChI is InChI=1S/C40H23BO2/c1-4-10-25-22(9-1)15-28-29(25)19-34-37-30(28)18-31-35-23(13-20-7-2-5-11-26(20)35)16-32-38(31)41(37)39-33(42-32)17-24-14-21-8-3-6-12-27(21)36(24)40(39)43-34/h1-12,16-17,19H,13-15,18H2. The fraction of sp³-hybridized carbons (Fsp3) is 0.100. The number of hydrogen-bond acceptors (Lipinski definition) is 2. The molecule has 43 heavy (non-hydrogen) atoms. The van der Waals surface area contributed by atoms with Crippen molar-refractivity contribution in [2.45, 2.75) is 25.7 Å². The molecule has 198 valence electrons. The summed E-state index contributed by atoms with van der Waals surface area (Å²) in [5.74, 6) is 4.06. The Hall–Kier alpha value is -5.02. The first-order valence-electron chi connectivity index (χ1n) is 15.5. The quantitative estimate of drug-likeness (QED) is 0.190. The van der Waals surface area contributed by atoms with Crippen LogP contribution < -0.4 is 25.9 Å². The number of benzene rings is 6. The molecular weight excluding hydrogens is 523 g/mol. The summed E-state index contributed by atoms with van der Waals surface area (Å²) in [6.07, 6.45) is 3.79. The van der Waals surface area contributed by atoms with Crippen LogP contribution in [0.1, 0.15) is 44.5 Å². The third kappa shape index (κ3) is 2.45. The van der Waals surface area contributed by atoms with E-state index in [1.54, 1.807) is 0 Å². The van der Waals surface area contributed by atoms with Crippen LogP contribution in [0.4, 0.5) is 0 Å². The van der Waals surface area contributed by atoms with Crippen LogP contribution in [0.3, 0.4) is 0 Å². The van der Waals surface area contributed by atoms with Gasteiger partial charge in [0.2, 0.25) is 0 Å². The van der Waals surface area contributed by atoms with Gasteiger partial charge in [-0.3, -0.25) is 0 Å². The Morgan fingerprint density at radius 3 is 1.77 bits per heavy atom. The Labute approximate surface area is 249 Å². The number of ether oxygens (including phenoxy) is 2. The van der Waals surface area contributed by atoms with Gasteiger partial charge in [0.25, 0.3) is 6.71 Å². The van der Waals surface area contributed by atoms with Gasteiger partial charge in [0.05, 0.1) is 0 Å². The second-order valence-electron chi connectivity index (χ2n) is 13.1. The molecule has 0 N–H and O–H groups in total. The average Bonchev–Trinajstić information content (AvgIpc) is 3.72. The molecule has 2 nitrogen and oxygen atoms in total. The Kier molecular flexibility index (Phi) is 3.59. The fourth-order valence-corrected chi connectivity index (χ4v) is 9.47. The van der Waals surface area contributed by atoms with E-state index < -0.39 is 0 Å². The maximum atomic E-state index is 7.16. The van der Waals surface area contributed by atoms with Crippen LogP contribution in [-0.2, 0) is 25.7 Å². The van der Waals surface area contributed by atoms with E-state index in [-0.39, 0.29) is 6.71 Å². The molecule has 0 spiro atoms. The Morgan fingerprint density at radius 1 is 0.419 bits per heavy atom. The summed E-state index contributed by atoms with van der Waals surface area (Å²) in [4.78, 5) is 0. The molecule has 3 aliphatic carbocycles. The third-order valence-electron chi connectivity index (χ3n) is 11.1. The molecule has 0 bridgehead atoms. The number of fused-ring (bicyclic) bond motifs is 12. The lowest BCUT2D eigenvalue weighted by molar-refractivity contribution is 0.463. The van der Waals surface area contributed by atoms with Gasteiger partial charge in [-0.25, -0.2) is 0 Å². The first kappa shape index (κ1) is 21.7. The van der Waals surface area contributed by atoms with Crippen LogP contribution >= 0.6 is 0 Å². The van der Waals surface area contributed by atoms with E-state index in [9.17, 15) is 0 Å². The van der Waals surface area contributed by atoms with Gasteiger partial charge in [-0.15, -0.1) is 0 Å². The maximum Gasteiger partial charge on any atom is 0.261 e. The van der Waals surface area contributed by atoms with E-state index >= 15 is 0 Å². The molecule has 3 heterocycles. The summed E-state index contributed by atoms with van der Waals surface area (Å²) >= 11 is 0. The second-order valence-corrected chi connectivity index (χ2v) is 13.1. The van der Waals surface area contributed by atoms with E-state index in [0.717, 1.165) is 48.7 Å². The maximum absolute atomic E-state index is 7.16. The zero-order valence-corrected chi connectivity index (χ0v) is 23.4. The smallest absolute Gasteiger partial charge is 0.261 e. The van der Waals surface area contributed by atoms with Gasteiger partial charge in [0.1, 0.15) is 23.0 Å². The van der Waals surface area contributed by atoms with Crippen molar-refractivity contribution < 1.29 is 9.47 Å². The van der Waals surface area contributed by atoms with Crippen molar-refractivity contribution in [1.29, 1.82) is 0 Å². The van der Waals surface area contributed by atoms with Crippen molar-refractivity contribution >= 4 is 23.1 Å². The molecule has 0 unspecified atom stereocenters. The summed E-state index contributed by atoms with van der Waals surface area (Å²) in [6.45, 7) is 0.112. The van der Waals surface area contributed by atoms with Crippen molar-refractivity contribution in [1.82, 2.24) is 0 Å². The van der Waals surface area contributed by atoms with Crippen molar-refractivity contribution in [3.8, 4) is 56.4 Å². The highest BCUT2D eigenvalue weighted by molar-refractivity contribution is 6.99. The molecule has 6 aromatic carbocycles. The van der Waals surface area contributed by atoms with Crippen molar-refractivity contribution in [3.05, 3.63) is 136 Å².